The maximum absolute atomic E-state index is 12.3. The van der Waals surface area contributed by atoms with Gasteiger partial charge < -0.3 is 4.90 Å². The molecule has 0 aromatic carbocycles. The fourth-order valence-corrected chi connectivity index (χ4v) is 9.35. The van der Waals surface area contributed by atoms with Crippen molar-refractivity contribution in [3.05, 3.63) is 0 Å². The zero-order valence-electron chi connectivity index (χ0n) is 17.5. The van der Waals surface area contributed by atoms with E-state index in [-0.39, 0.29) is 16.6 Å². The maximum atomic E-state index is 12.3. The van der Waals surface area contributed by atoms with Gasteiger partial charge >= 0.3 is 0 Å². The van der Waals surface area contributed by atoms with Gasteiger partial charge in [-0.1, -0.05) is 20.8 Å². The molecule has 0 N–H and O–H groups in total. The zero-order valence-corrected chi connectivity index (χ0v) is 18.4. The molecule has 0 bridgehead atoms. The first kappa shape index (κ1) is 19.7. The summed E-state index contributed by atoms with van der Waals surface area (Å²) in [6.07, 6.45) is 8.77. The van der Waals surface area contributed by atoms with E-state index in [0.29, 0.717) is 41.9 Å². The summed E-state index contributed by atoms with van der Waals surface area (Å²) in [6.45, 7) is 6.64. The Morgan fingerprint density at radius 3 is 2.41 bits per heavy atom. The molecule has 4 rings (SSSR count). The van der Waals surface area contributed by atoms with Crippen LogP contribution in [0.5, 0.6) is 0 Å². The summed E-state index contributed by atoms with van der Waals surface area (Å²) in [5, 5.41) is 0. The Hall–Kier alpha value is -0.580. The van der Waals surface area contributed by atoms with Crippen molar-refractivity contribution in [3.8, 4) is 0 Å². The average Bonchev–Trinajstić information content (AvgIpc) is 2.95. The molecule has 0 radical (unpaired) electrons. The molecule has 0 aromatic rings. The van der Waals surface area contributed by atoms with Crippen LogP contribution in [0, 0.1) is 34.5 Å². The van der Waals surface area contributed by atoms with Crippen LogP contribution < -0.4 is 0 Å². The van der Waals surface area contributed by atoms with Gasteiger partial charge in [0.05, 0.1) is 5.75 Å². The average molecular weight is 396 g/mol. The van der Waals surface area contributed by atoms with E-state index in [4.69, 9.17) is 0 Å². The summed E-state index contributed by atoms with van der Waals surface area (Å²) in [4.78, 5) is 14.3. The number of piperidine rings is 1. The lowest BCUT2D eigenvalue weighted by atomic mass is 9.47. The Kier molecular flexibility index (Phi) is 4.72. The van der Waals surface area contributed by atoms with Crippen molar-refractivity contribution in [2.75, 3.05) is 18.6 Å². The summed E-state index contributed by atoms with van der Waals surface area (Å²) < 4.78 is 24.6. The Morgan fingerprint density at radius 1 is 1.00 bits per heavy atom. The summed E-state index contributed by atoms with van der Waals surface area (Å²) in [7, 11) is -0.897. The third-order valence-electron chi connectivity index (χ3n) is 9.65. The topological polar surface area (TPSA) is 54.5 Å². The minimum absolute atomic E-state index is 0.197. The zero-order chi connectivity index (χ0) is 19.6. The molecule has 4 fully saturated rings. The molecule has 0 spiro atoms. The summed E-state index contributed by atoms with van der Waals surface area (Å²) >= 11 is 0. The van der Waals surface area contributed by atoms with Crippen molar-refractivity contribution < 1.29 is 13.2 Å². The summed E-state index contributed by atoms with van der Waals surface area (Å²) in [5.74, 6) is 3.43. The molecule has 27 heavy (non-hydrogen) atoms. The number of carbonyl (C=O) groups excluding carboxylic acids is 1. The van der Waals surface area contributed by atoms with Crippen LogP contribution in [0.1, 0.15) is 72.1 Å². The number of amides is 1. The van der Waals surface area contributed by atoms with Crippen molar-refractivity contribution in [2.24, 2.45) is 34.5 Å². The van der Waals surface area contributed by atoms with Gasteiger partial charge in [-0.3, -0.25) is 4.79 Å². The van der Waals surface area contributed by atoms with Crippen molar-refractivity contribution in [3.63, 3.8) is 0 Å². The van der Waals surface area contributed by atoms with Crippen molar-refractivity contribution in [1.82, 2.24) is 4.90 Å². The normalized spacial score (nSPS) is 47.3. The highest BCUT2D eigenvalue weighted by atomic mass is 32.2. The molecule has 1 amide bonds. The largest absolute Gasteiger partial charge is 0.342 e. The van der Waals surface area contributed by atoms with Crippen LogP contribution in [0.4, 0.5) is 0 Å². The molecule has 7 atom stereocenters. The van der Waals surface area contributed by atoms with Gasteiger partial charge in [0.2, 0.25) is 5.91 Å². The fourth-order valence-electron chi connectivity index (χ4n) is 7.96. The standard InChI is InChI=1S/C22H37NO3S/c1-5-27(25,26)14-15-6-8-17-16-7-9-19-22(3,13-11-20(24)23(19)4)18(16)10-12-21(15,17)2/h15-19H,5-14H2,1-4H3/t15?,16-,17-,18+,19?,21+,22+/m0/s1. The molecule has 3 aliphatic carbocycles. The molecule has 5 heteroatoms. The second-order valence-corrected chi connectivity index (χ2v) is 12.9. The lowest BCUT2D eigenvalue weighted by Crippen LogP contribution is -2.61. The van der Waals surface area contributed by atoms with E-state index in [1.807, 2.05) is 7.05 Å². The summed E-state index contributed by atoms with van der Waals surface area (Å²) in [5.41, 5.74) is 0.448. The lowest BCUT2D eigenvalue weighted by Gasteiger charge is -2.61. The molecule has 1 heterocycles. The van der Waals surface area contributed by atoms with Gasteiger partial charge in [0, 0.05) is 25.3 Å². The van der Waals surface area contributed by atoms with Crippen molar-refractivity contribution in [2.45, 2.75) is 78.2 Å². The smallest absolute Gasteiger partial charge is 0.222 e. The third-order valence-corrected chi connectivity index (χ3v) is 11.4. The molecule has 4 nitrogen and oxygen atoms in total. The van der Waals surface area contributed by atoms with Crippen LogP contribution in [0.3, 0.4) is 0 Å². The third kappa shape index (κ3) is 2.89. The molecule has 2 unspecified atom stereocenters. The Labute approximate surface area is 165 Å². The Bertz CT molecular complexity index is 719. The van der Waals surface area contributed by atoms with E-state index in [1.165, 1.54) is 25.7 Å². The minimum Gasteiger partial charge on any atom is -0.342 e. The Balaban J connectivity index is 1.58. The predicted octanol–water partition coefficient (Wildman–Crippen LogP) is 3.90. The van der Waals surface area contributed by atoms with Gasteiger partial charge in [0.1, 0.15) is 9.84 Å². The minimum atomic E-state index is -2.91. The molecule has 4 aliphatic rings. The second kappa shape index (κ2) is 6.47. The van der Waals surface area contributed by atoms with Crippen LogP contribution in [-0.4, -0.2) is 43.8 Å². The Morgan fingerprint density at radius 2 is 1.70 bits per heavy atom. The number of nitrogens with zero attached hydrogens (tertiary/aromatic N) is 1. The molecule has 1 saturated heterocycles. The summed E-state index contributed by atoms with van der Waals surface area (Å²) in [6, 6.07) is 0.405. The number of fused-ring (bicyclic) bond motifs is 5. The molecular formula is C22H37NO3S. The second-order valence-electron chi connectivity index (χ2n) is 10.5. The fraction of sp³-hybridized carbons (Fsp3) is 0.955. The monoisotopic (exact) mass is 395 g/mol. The quantitative estimate of drug-likeness (QED) is 0.728. The van der Waals surface area contributed by atoms with Crippen LogP contribution >= 0.6 is 0 Å². The van der Waals surface area contributed by atoms with Gasteiger partial charge in [-0.05, 0) is 79.4 Å². The number of rotatable bonds is 3. The van der Waals surface area contributed by atoms with E-state index in [2.05, 4.69) is 18.7 Å². The van der Waals surface area contributed by atoms with Gasteiger partial charge in [0.15, 0.2) is 0 Å². The van der Waals surface area contributed by atoms with Gasteiger partial charge in [-0.2, -0.15) is 0 Å². The molecular weight excluding hydrogens is 358 g/mol. The number of carbonyl (C=O) groups is 1. The van der Waals surface area contributed by atoms with Crippen LogP contribution in [-0.2, 0) is 14.6 Å². The van der Waals surface area contributed by atoms with E-state index in [0.717, 1.165) is 25.2 Å². The molecule has 3 saturated carbocycles. The first-order valence-corrected chi connectivity index (χ1v) is 12.9. The number of hydrogen-bond donors (Lipinski definition) is 0. The molecule has 154 valence electrons. The van der Waals surface area contributed by atoms with Gasteiger partial charge in [0.25, 0.3) is 0 Å². The molecule has 0 aromatic heterocycles. The SMILES string of the molecule is CCS(=O)(=O)CC1CC[C@H]2[C@@H]3CCC4N(C)C(=O)CC[C@]4(C)[C@@H]3CC[C@]12C. The number of hydrogen-bond acceptors (Lipinski definition) is 3. The maximum Gasteiger partial charge on any atom is 0.222 e. The first-order valence-electron chi connectivity index (χ1n) is 11.1. The first-order chi connectivity index (χ1) is 12.6. The van der Waals surface area contributed by atoms with Crippen LogP contribution in [0.25, 0.3) is 0 Å². The number of sulfone groups is 1. The van der Waals surface area contributed by atoms with Crippen LogP contribution in [0.2, 0.25) is 0 Å². The lowest BCUT2D eigenvalue weighted by molar-refractivity contribution is -0.158. The predicted molar refractivity (Wildman–Crippen MR) is 108 cm³/mol. The van der Waals surface area contributed by atoms with E-state index in [1.54, 1.807) is 6.92 Å². The van der Waals surface area contributed by atoms with Crippen molar-refractivity contribution >= 4 is 15.7 Å². The van der Waals surface area contributed by atoms with Gasteiger partial charge in [-0.15, -0.1) is 0 Å². The van der Waals surface area contributed by atoms with Gasteiger partial charge in [-0.25, -0.2) is 8.42 Å². The molecule has 1 aliphatic heterocycles. The van der Waals surface area contributed by atoms with E-state index < -0.39 is 9.84 Å². The highest BCUT2D eigenvalue weighted by molar-refractivity contribution is 7.91. The van der Waals surface area contributed by atoms with E-state index >= 15 is 0 Å². The number of likely N-dealkylation sites (tertiary alicyclic amines) is 1. The highest BCUT2D eigenvalue weighted by Crippen LogP contribution is 2.66. The van der Waals surface area contributed by atoms with Crippen LogP contribution in [0.15, 0.2) is 0 Å². The highest BCUT2D eigenvalue weighted by Gasteiger charge is 2.61. The van der Waals surface area contributed by atoms with Crippen molar-refractivity contribution in [1.29, 1.82) is 0 Å². The van der Waals surface area contributed by atoms with E-state index in [9.17, 15) is 13.2 Å².